The van der Waals surface area contributed by atoms with E-state index in [-0.39, 0.29) is 0 Å². The molecule has 2 N–H and O–H groups in total. The first-order chi connectivity index (χ1) is 12.4. The Morgan fingerprint density at radius 1 is 1.15 bits per heavy atom. The van der Waals surface area contributed by atoms with Crippen molar-refractivity contribution >= 4 is 34.6 Å². The molecule has 0 aliphatic heterocycles. The van der Waals surface area contributed by atoms with Crippen LogP contribution in [0.1, 0.15) is 23.1 Å². The van der Waals surface area contributed by atoms with Crippen LogP contribution in [0.25, 0.3) is 0 Å². The second-order valence-corrected chi connectivity index (χ2v) is 7.88. The molecule has 0 heterocycles. The minimum absolute atomic E-state index is 0.710. The molecule has 0 fully saturated rings. The van der Waals surface area contributed by atoms with E-state index in [1.165, 1.54) is 10.5 Å². The molecule has 0 radical (unpaired) electrons. The van der Waals surface area contributed by atoms with Crippen LogP contribution in [-0.4, -0.2) is 37.2 Å². The summed E-state index contributed by atoms with van der Waals surface area (Å²) in [6.45, 7) is 6.91. The van der Waals surface area contributed by atoms with Crippen molar-refractivity contribution in [2.75, 3.05) is 32.5 Å². The summed E-state index contributed by atoms with van der Waals surface area (Å²) in [4.78, 5) is 3.67. The highest BCUT2D eigenvalue weighted by molar-refractivity contribution is 7.80. The highest BCUT2D eigenvalue weighted by Crippen LogP contribution is 2.27. The van der Waals surface area contributed by atoms with Crippen molar-refractivity contribution in [3.8, 4) is 0 Å². The van der Waals surface area contributed by atoms with Gasteiger partial charge in [-0.1, -0.05) is 48.0 Å². The third-order valence-corrected chi connectivity index (χ3v) is 4.93. The number of nitrogens with zero attached hydrogens (tertiary/aromatic N) is 1. The highest BCUT2D eigenvalue weighted by Gasteiger charge is 2.14. The van der Waals surface area contributed by atoms with Gasteiger partial charge in [0.15, 0.2) is 5.11 Å². The van der Waals surface area contributed by atoms with Crippen molar-refractivity contribution in [2.45, 2.75) is 26.8 Å². The first-order valence-corrected chi connectivity index (χ1v) is 9.81. The van der Waals surface area contributed by atoms with E-state index < -0.39 is 0 Å². The lowest BCUT2D eigenvalue weighted by Crippen LogP contribution is -3.05. The summed E-state index contributed by atoms with van der Waals surface area (Å²) in [5.41, 5.74) is 4.41. The van der Waals surface area contributed by atoms with Gasteiger partial charge < -0.3 is 15.1 Å². The number of rotatable bonds is 7. The Balaban J connectivity index is 2.14. The second-order valence-electron chi connectivity index (χ2n) is 7.09. The maximum absolute atomic E-state index is 6.45. The molecule has 0 atom stereocenters. The molecule has 26 heavy (non-hydrogen) atoms. The van der Waals surface area contributed by atoms with Gasteiger partial charge in [0.1, 0.15) is 0 Å². The Morgan fingerprint density at radius 2 is 1.85 bits per heavy atom. The molecule has 5 heteroatoms. The maximum atomic E-state index is 6.45. The zero-order valence-corrected chi connectivity index (χ0v) is 17.7. The molecule has 2 rings (SSSR count). The van der Waals surface area contributed by atoms with E-state index in [1.54, 1.807) is 0 Å². The fourth-order valence-corrected chi connectivity index (χ4v) is 3.57. The molecule has 0 aliphatic rings. The standard InChI is InChI=1S/C21H28ClN3S/c1-16-13-17(2)20(19(22)14-16)23-21(26)25(12-8-11-24(3)4)15-18-9-6-5-7-10-18/h5-7,9-10,13-14H,8,11-12,15H2,1-4H3,(H,23,26)/p+1. The van der Waals surface area contributed by atoms with Crippen molar-refractivity contribution in [3.05, 3.63) is 64.2 Å². The van der Waals surface area contributed by atoms with Crippen molar-refractivity contribution < 1.29 is 4.90 Å². The first-order valence-electron chi connectivity index (χ1n) is 9.02. The van der Waals surface area contributed by atoms with Gasteiger partial charge in [0.2, 0.25) is 0 Å². The number of benzene rings is 2. The molecule has 3 nitrogen and oxygen atoms in total. The Kier molecular flexibility index (Phi) is 7.88. The number of thiocarbonyl (C=S) groups is 1. The number of halogens is 1. The summed E-state index contributed by atoms with van der Waals surface area (Å²) in [5, 5.41) is 4.81. The van der Waals surface area contributed by atoms with Crippen LogP contribution < -0.4 is 10.2 Å². The summed E-state index contributed by atoms with van der Waals surface area (Å²) in [7, 11) is 4.35. The van der Waals surface area contributed by atoms with Crippen LogP contribution in [0.3, 0.4) is 0 Å². The molecule has 2 aromatic rings. The molecule has 0 spiro atoms. The average Bonchev–Trinajstić information content (AvgIpc) is 2.57. The number of anilines is 1. The minimum atomic E-state index is 0.710. The molecule has 0 bridgehead atoms. The number of hydrogen-bond donors (Lipinski definition) is 2. The molecule has 0 saturated heterocycles. The van der Waals surface area contributed by atoms with Crippen molar-refractivity contribution in [1.29, 1.82) is 0 Å². The van der Waals surface area contributed by atoms with Gasteiger partial charge in [-0.2, -0.15) is 0 Å². The highest BCUT2D eigenvalue weighted by atomic mass is 35.5. The summed E-state index contributed by atoms with van der Waals surface area (Å²) in [5.74, 6) is 0. The van der Waals surface area contributed by atoms with Crippen LogP contribution in [0.15, 0.2) is 42.5 Å². The zero-order valence-electron chi connectivity index (χ0n) is 16.1. The fraction of sp³-hybridized carbons (Fsp3) is 0.381. The molecular weight excluding hydrogens is 362 g/mol. The van der Waals surface area contributed by atoms with Crippen LogP contribution in [0.5, 0.6) is 0 Å². The van der Waals surface area contributed by atoms with Crippen LogP contribution in [0, 0.1) is 13.8 Å². The van der Waals surface area contributed by atoms with Gasteiger partial charge >= 0.3 is 0 Å². The average molecular weight is 391 g/mol. The third-order valence-electron chi connectivity index (χ3n) is 4.27. The van der Waals surface area contributed by atoms with Crippen molar-refractivity contribution in [3.63, 3.8) is 0 Å². The molecule has 2 aromatic carbocycles. The normalized spacial score (nSPS) is 10.8. The van der Waals surface area contributed by atoms with Crippen molar-refractivity contribution in [2.24, 2.45) is 0 Å². The monoisotopic (exact) mass is 390 g/mol. The second kappa shape index (κ2) is 9.91. The molecule has 0 unspecified atom stereocenters. The van der Waals surface area contributed by atoms with E-state index in [0.717, 1.165) is 48.0 Å². The zero-order chi connectivity index (χ0) is 19.1. The van der Waals surface area contributed by atoms with E-state index in [2.05, 4.69) is 61.6 Å². The van der Waals surface area contributed by atoms with Gasteiger partial charge in [-0.05, 0) is 48.8 Å². The SMILES string of the molecule is Cc1cc(C)c(NC(=S)N(CCC[NH+](C)C)Cc2ccccc2)c(Cl)c1. The number of quaternary nitrogens is 1. The number of aryl methyl sites for hydroxylation is 2. The largest absolute Gasteiger partial charge is 0.344 e. The van der Waals surface area contributed by atoms with Crippen LogP contribution >= 0.6 is 23.8 Å². The maximum Gasteiger partial charge on any atom is 0.173 e. The lowest BCUT2D eigenvalue weighted by molar-refractivity contribution is -0.858. The lowest BCUT2D eigenvalue weighted by Gasteiger charge is -2.27. The smallest absolute Gasteiger partial charge is 0.173 e. The number of hydrogen-bond acceptors (Lipinski definition) is 1. The molecule has 0 aliphatic carbocycles. The van der Waals surface area contributed by atoms with Gasteiger partial charge in [0.25, 0.3) is 0 Å². The Bertz CT molecular complexity index is 708. The van der Waals surface area contributed by atoms with Crippen LogP contribution in [0.2, 0.25) is 5.02 Å². The molecule has 0 aromatic heterocycles. The lowest BCUT2D eigenvalue weighted by atomic mass is 10.1. The van der Waals surface area contributed by atoms with Gasteiger partial charge in [-0.25, -0.2) is 0 Å². The topological polar surface area (TPSA) is 19.7 Å². The van der Waals surface area contributed by atoms with Crippen molar-refractivity contribution in [1.82, 2.24) is 4.90 Å². The van der Waals surface area contributed by atoms with E-state index in [0.29, 0.717) is 5.02 Å². The third kappa shape index (κ3) is 6.27. The van der Waals surface area contributed by atoms with E-state index in [9.17, 15) is 0 Å². The predicted molar refractivity (Wildman–Crippen MR) is 116 cm³/mol. The molecule has 140 valence electrons. The van der Waals surface area contributed by atoms with E-state index >= 15 is 0 Å². The summed E-state index contributed by atoms with van der Waals surface area (Å²) >= 11 is 12.2. The van der Waals surface area contributed by atoms with Gasteiger partial charge in [-0.15, -0.1) is 0 Å². The molecule has 0 amide bonds. The predicted octanol–water partition coefficient (Wildman–Crippen LogP) is 3.69. The van der Waals surface area contributed by atoms with E-state index in [1.807, 2.05) is 19.1 Å². The quantitative estimate of drug-likeness (QED) is 0.703. The Morgan fingerprint density at radius 3 is 2.46 bits per heavy atom. The summed E-state index contributed by atoms with van der Waals surface area (Å²) in [6.07, 6.45) is 1.08. The Labute approximate surface area is 168 Å². The summed E-state index contributed by atoms with van der Waals surface area (Å²) < 4.78 is 0. The fourth-order valence-electron chi connectivity index (χ4n) is 2.94. The Hall–Kier alpha value is -1.62. The molecular formula is C21H29ClN3S+. The van der Waals surface area contributed by atoms with Gasteiger partial charge in [0.05, 0.1) is 31.4 Å². The van der Waals surface area contributed by atoms with E-state index in [4.69, 9.17) is 23.8 Å². The first kappa shape index (κ1) is 20.7. The van der Waals surface area contributed by atoms with Gasteiger partial charge in [0, 0.05) is 19.5 Å². The van der Waals surface area contributed by atoms with Crippen LogP contribution in [-0.2, 0) is 6.54 Å². The van der Waals surface area contributed by atoms with Gasteiger partial charge in [-0.3, -0.25) is 0 Å². The minimum Gasteiger partial charge on any atom is -0.344 e. The number of nitrogens with one attached hydrogen (secondary N) is 2. The summed E-state index contributed by atoms with van der Waals surface area (Å²) in [6, 6.07) is 14.5. The molecule has 0 saturated carbocycles. The van der Waals surface area contributed by atoms with Crippen LogP contribution in [0.4, 0.5) is 5.69 Å².